The molecular formula is C20H20N4S2. The van der Waals surface area contributed by atoms with Crippen LogP contribution in [0.2, 0.25) is 0 Å². The number of benzene rings is 2. The highest BCUT2D eigenvalue weighted by Gasteiger charge is 2.18. The van der Waals surface area contributed by atoms with Crippen LogP contribution < -0.4 is 10.6 Å². The van der Waals surface area contributed by atoms with Crippen LogP contribution in [0, 0.1) is 0 Å². The number of fused-ring (bicyclic) bond motifs is 1. The van der Waals surface area contributed by atoms with E-state index in [1.807, 2.05) is 6.07 Å². The van der Waals surface area contributed by atoms with Gasteiger partial charge in [0.25, 0.3) is 0 Å². The van der Waals surface area contributed by atoms with Crippen LogP contribution in [0.4, 0.5) is 10.8 Å². The number of thioether (sulfide) groups is 1. The van der Waals surface area contributed by atoms with Crippen molar-refractivity contribution >= 4 is 38.8 Å². The van der Waals surface area contributed by atoms with E-state index in [-0.39, 0.29) is 0 Å². The molecule has 1 unspecified atom stereocenters. The molecule has 0 saturated heterocycles. The average molecular weight is 381 g/mol. The molecule has 0 amide bonds. The highest BCUT2D eigenvalue weighted by atomic mass is 32.2. The Morgan fingerprint density at radius 1 is 1.08 bits per heavy atom. The van der Waals surface area contributed by atoms with Crippen molar-refractivity contribution in [1.82, 2.24) is 10.2 Å². The predicted octanol–water partition coefficient (Wildman–Crippen LogP) is 5.14. The van der Waals surface area contributed by atoms with E-state index >= 15 is 0 Å². The molecule has 1 atom stereocenters. The van der Waals surface area contributed by atoms with E-state index in [4.69, 9.17) is 0 Å². The van der Waals surface area contributed by atoms with Crippen LogP contribution in [0.25, 0.3) is 4.91 Å². The number of para-hydroxylation sites is 1. The van der Waals surface area contributed by atoms with Gasteiger partial charge in [-0.25, -0.2) is 0 Å². The van der Waals surface area contributed by atoms with E-state index in [1.54, 1.807) is 23.1 Å². The van der Waals surface area contributed by atoms with E-state index in [1.165, 1.54) is 21.7 Å². The predicted molar refractivity (Wildman–Crippen MR) is 112 cm³/mol. The lowest BCUT2D eigenvalue weighted by Gasteiger charge is -2.22. The minimum Gasteiger partial charge on any atom is -0.379 e. The summed E-state index contributed by atoms with van der Waals surface area (Å²) in [4.78, 5) is 1.24. The topological polar surface area (TPSA) is 49.8 Å². The Bertz CT molecular complexity index is 905. The van der Waals surface area contributed by atoms with Crippen LogP contribution in [-0.2, 0) is 6.42 Å². The highest BCUT2D eigenvalue weighted by Crippen LogP contribution is 2.42. The normalized spacial score (nSPS) is 15.7. The van der Waals surface area contributed by atoms with Gasteiger partial charge in [-0.05, 0) is 31.1 Å². The second kappa shape index (κ2) is 7.93. The molecule has 2 heterocycles. The van der Waals surface area contributed by atoms with Gasteiger partial charge in [0.2, 0.25) is 5.13 Å². The molecule has 1 aliphatic rings. The van der Waals surface area contributed by atoms with Crippen molar-refractivity contribution in [3.05, 3.63) is 71.8 Å². The minimum atomic E-state index is 0.309. The molecule has 2 N–H and O–H groups in total. The average Bonchev–Trinajstić information content (AvgIpc) is 3.10. The summed E-state index contributed by atoms with van der Waals surface area (Å²) in [5.74, 6) is 0. The summed E-state index contributed by atoms with van der Waals surface area (Å²) >= 11 is 3.29. The lowest BCUT2D eigenvalue weighted by atomic mass is 10.1. The molecule has 0 radical (unpaired) electrons. The van der Waals surface area contributed by atoms with E-state index in [2.05, 4.69) is 82.4 Å². The van der Waals surface area contributed by atoms with Gasteiger partial charge in [0.15, 0.2) is 4.34 Å². The van der Waals surface area contributed by atoms with Crippen molar-refractivity contribution in [3.63, 3.8) is 0 Å². The summed E-state index contributed by atoms with van der Waals surface area (Å²) in [5.41, 5.74) is 3.73. The van der Waals surface area contributed by atoms with Crippen LogP contribution in [-0.4, -0.2) is 22.8 Å². The maximum Gasteiger partial charge on any atom is 0.206 e. The van der Waals surface area contributed by atoms with Crippen molar-refractivity contribution in [2.75, 3.05) is 17.2 Å². The summed E-state index contributed by atoms with van der Waals surface area (Å²) < 4.78 is 0.961. The quantitative estimate of drug-likeness (QED) is 0.620. The third-order valence-corrected chi connectivity index (χ3v) is 6.12. The third-order valence-electron chi connectivity index (χ3n) is 4.11. The molecular weight excluding hydrogens is 360 g/mol. The van der Waals surface area contributed by atoms with Crippen molar-refractivity contribution in [2.45, 2.75) is 23.7 Å². The van der Waals surface area contributed by atoms with E-state index in [9.17, 15) is 0 Å². The highest BCUT2D eigenvalue weighted by molar-refractivity contribution is 8.09. The maximum atomic E-state index is 4.34. The Balaban J connectivity index is 1.39. The van der Waals surface area contributed by atoms with E-state index < -0.39 is 0 Å². The van der Waals surface area contributed by atoms with Gasteiger partial charge >= 0.3 is 0 Å². The second-order valence-electron chi connectivity index (χ2n) is 6.15. The lowest BCUT2D eigenvalue weighted by Crippen LogP contribution is -2.17. The Morgan fingerprint density at radius 3 is 2.77 bits per heavy atom. The van der Waals surface area contributed by atoms with E-state index in [0.717, 1.165) is 22.4 Å². The molecule has 2 aromatic carbocycles. The maximum absolute atomic E-state index is 4.34. The monoisotopic (exact) mass is 380 g/mol. The number of rotatable bonds is 6. The molecule has 1 aliphatic heterocycles. The molecule has 4 rings (SSSR count). The summed E-state index contributed by atoms with van der Waals surface area (Å²) in [6, 6.07) is 19.2. The largest absolute Gasteiger partial charge is 0.379 e. The fourth-order valence-corrected chi connectivity index (χ4v) is 4.90. The molecule has 3 aromatic rings. The summed E-state index contributed by atoms with van der Waals surface area (Å²) in [7, 11) is 0. The first-order valence-electron chi connectivity index (χ1n) is 8.65. The number of nitrogens with zero attached hydrogens (tertiary/aromatic N) is 2. The van der Waals surface area contributed by atoms with Crippen molar-refractivity contribution in [2.24, 2.45) is 0 Å². The third kappa shape index (κ3) is 4.08. The molecule has 0 saturated carbocycles. The van der Waals surface area contributed by atoms with Crippen LogP contribution in [0.1, 0.15) is 18.1 Å². The zero-order valence-corrected chi connectivity index (χ0v) is 16.1. The fraction of sp³-hybridized carbons (Fsp3) is 0.200. The van der Waals surface area contributed by atoms with Crippen molar-refractivity contribution in [1.29, 1.82) is 0 Å². The van der Waals surface area contributed by atoms with Gasteiger partial charge in [0.1, 0.15) is 0 Å². The number of nitrogens with one attached hydrogen (secondary N) is 2. The Labute approximate surface area is 161 Å². The molecule has 1 aromatic heterocycles. The van der Waals surface area contributed by atoms with Gasteiger partial charge < -0.3 is 10.6 Å². The first-order chi connectivity index (χ1) is 12.8. The molecule has 0 spiro atoms. The first-order valence-corrected chi connectivity index (χ1v) is 10.3. The summed E-state index contributed by atoms with van der Waals surface area (Å²) in [6.07, 6.45) is 3.22. The first kappa shape index (κ1) is 17.1. The Kier molecular flexibility index (Phi) is 5.22. The molecule has 6 heteroatoms. The van der Waals surface area contributed by atoms with Crippen LogP contribution in [0.3, 0.4) is 0 Å². The van der Waals surface area contributed by atoms with Gasteiger partial charge in [-0.2, -0.15) is 0 Å². The van der Waals surface area contributed by atoms with Crippen molar-refractivity contribution in [3.8, 4) is 0 Å². The van der Waals surface area contributed by atoms with Gasteiger partial charge in [0.05, 0.1) is 0 Å². The zero-order valence-electron chi connectivity index (χ0n) is 14.5. The molecule has 26 heavy (non-hydrogen) atoms. The SMILES string of the molecule is CC1C=C(Sc2nnc(NCCc3ccccc3)s2)c2ccccc2N1. The number of aromatic nitrogens is 2. The van der Waals surface area contributed by atoms with Gasteiger partial charge in [-0.1, -0.05) is 71.6 Å². The number of hydrogen-bond donors (Lipinski definition) is 2. The number of hydrogen-bond acceptors (Lipinski definition) is 6. The smallest absolute Gasteiger partial charge is 0.206 e. The van der Waals surface area contributed by atoms with Gasteiger partial charge in [0, 0.05) is 28.7 Å². The molecule has 0 fully saturated rings. The zero-order chi connectivity index (χ0) is 17.8. The van der Waals surface area contributed by atoms with Gasteiger partial charge in [-0.15, -0.1) is 10.2 Å². The van der Waals surface area contributed by atoms with Crippen molar-refractivity contribution < 1.29 is 0 Å². The molecule has 0 bridgehead atoms. The fourth-order valence-electron chi connectivity index (χ4n) is 2.89. The van der Waals surface area contributed by atoms with Crippen LogP contribution in [0.5, 0.6) is 0 Å². The molecule has 0 aliphatic carbocycles. The standard InChI is InChI=1S/C20H20N4S2/c1-14-13-18(16-9-5-6-10-17(16)22-14)25-20-24-23-19(26-20)21-12-11-15-7-3-2-4-8-15/h2-10,13-14,22H,11-12H2,1H3,(H,21,23). The van der Waals surface area contributed by atoms with Crippen LogP contribution >= 0.6 is 23.1 Å². The van der Waals surface area contributed by atoms with Crippen LogP contribution in [0.15, 0.2) is 65.0 Å². The minimum absolute atomic E-state index is 0.309. The lowest BCUT2D eigenvalue weighted by molar-refractivity contribution is 0.972. The summed E-state index contributed by atoms with van der Waals surface area (Å²) in [5, 5.41) is 16.4. The molecule has 132 valence electrons. The Morgan fingerprint density at radius 2 is 1.88 bits per heavy atom. The molecule has 4 nitrogen and oxygen atoms in total. The van der Waals surface area contributed by atoms with Gasteiger partial charge in [-0.3, -0.25) is 0 Å². The van der Waals surface area contributed by atoms with E-state index in [0.29, 0.717) is 6.04 Å². The second-order valence-corrected chi connectivity index (χ2v) is 8.41. The number of anilines is 2. The Hall–Kier alpha value is -2.31. The summed E-state index contributed by atoms with van der Waals surface area (Å²) in [6.45, 7) is 3.02.